The van der Waals surface area contributed by atoms with Gasteiger partial charge >= 0.3 is 47.8 Å². The van der Waals surface area contributed by atoms with E-state index in [1.807, 2.05) is 0 Å². The van der Waals surface area contributed by atoms with Crippen molar-refractivity contribution in [2.24, 2.45) is 0 Å². The Morgan fingerprint density at radius 1 is 0.195 bits per heavy atom. The molecular formula is C72H110O48S8. The van der Waals surface area contributed by atoms with Crippen molar-refractivity contribution in [3.63, 3.8) is 0 Å². The molecule has 24 N–H and O–H groups in total. The zero-order chi connectivity index (χ0) is 93.7. The minimum absolute atomic E-state index is 0.160. The predicted molar refractivity (Wildman–Crippen MR) is 441 cm³/mol. The fourth-order valence-corrected chi connectivity index (χ4v) is 22.3. The molecule has 0 aromatic carbocycles. The summed E-state index contributed by atoms with van der Waals surface area (Å²) in [6, 6.07) is 0. The lowest BCUT2D eigenvalue weighted by atomic mass is 9.95. The lowest BCUT2D eigenvalue weighted by molar-refractivity contribution is -0.396. The van der Waals surface area contributed by atoms with Gasteiger partial charge in [-0.2, -0.15) is 82.3 Å². The van der Waals surface area contributed by atoms with Crippen LogP contribution in [0.3, 0.4) is 0 Å². The van der Waals surface area contributed by atoms with Crippen molar-refractivity contribution < 1.29 is 237 Å². The van der Waals surface area contributed by atoms with Crippen LogP contribution in [0.4, 0.5) is 0 Å². The first-order valence-corrected chi connectivity index (χ1v) is 49.3. The molecular weight excluding hydrogens is 1890 g/mol. The van der Waals surface area contributed by atoms with E-state index in [2.05, 4.69) is 0 Å². The number of rotatable bonds is 39. The maximum Gasteiger partial charge on any atom is 0.328 e. The second kappa shape index (κ2) is 52.5. The average Bonchev–Trinajstić information content (AvgIpc) is 0.770. The van der Waals surface area contributed by atoms with Crippen LogP contribution in [0.1, 0.15) is 44.9 Å². The molecule has 128 heavy (non-hydrogen) atoms. The van der Waals surface area contributed by atoms with Crippen molar-refractivity contribution in [3.05, 3.63) is 11.5 Å². The quantitative estimate of drug-likeness (QED) is 0.0201. The Hall–Kier alpha value is -2.98. The third-order valence-electron chi connectivity index (χ3n) is 21.2. The Balaban J connectivity index is 1.12. The maximum atomic E-state index is 12.3. The van der Waals surface area contributed by atoms with Crippen LogP contribution in [0, 0.1) is 0 Å². The first-order valence-electron chi connectivity index (χ1n) is 40.2. The molecule has 0 spiro atoms. The highest BCUT2D eigenvalue weighted by Gasteiger charge is 2.61. The molecule has 48 nitrogen and oxygen atoms in total. The zero-order valence-electron chi connectivity index (χ0n) is 67.6. The van der Waals surface area contributed by atoms with E-state index < -0.39 is 356 Å². The normalized spacial score (nSPS) is 41.6. The van der Waals surface area contributed by atoms with Crippen LogP contribution in [0.5, 0.6) is 0 Å². The average molecular weight is 2000 g/mol. The van der Waals surface area contributed by atoms with E-state index in [0.717, 1.165) is 87.7 Å². The van der Waals surface area contributed by atoms with E-state index in [1.54, 1.807) is 0 Å². The molecule has 16 bridgehead atoms. The summed E-state index contributed by atoms with van der Waals surface area (Å²) in [6.45, 7) is 0. The first-order chi connectivity index (χ1) is 60.7. The summed E-state index contributed by atoms with van der Waals surface area (Å²) < 4.78 is 100. The highest BCUT2D eigenvalue weighted by Crippen LogP contribution is 2.43. The van der Waals surface area contributed by atoms with Crippen LogP contribution in [0.2, 0.25) is 0 Å². The minimum atomic E-state index is -2.34. The number of ether oxygens (including phenoxy) is 16. The standard InChI is InChI=1S/C72H110O48S8/c73-33(74)1-9-121-17-25-57-41(89)49(97)65(105-25)114-58-26(18-122-10-2-34(75)76)107-67(51(99)43(58)91)116-60-28(20-124-12-4-36(79)80)109-69(53(101)45(60)93)118-62-30(22-126-14-6-38(83)84)111-71(55(103)47(62)95)120-64-32(24-128-16-8-40(87)88)112-72(56(104)48(64)96)119-63-31(23-127-15-7-39(85)86)110-70(54(102)46(63)94)117-61-29(21-125-13-5-37(81)82)108-68(52(100)44(61)92)115-59-27(19-123-11-3-35(77)78)106-66(113-57)50(98)42(59)90/h1,9,25-32,41-72,89-104H,2-8,10-24H2,(H,73,74)(H,75,76)(H,77,78)(H,79,80)(H,81,82)(H,83,84)(H,85,86)(H,87,88)/b9-1+/t25-,26-,27-,28-,29-,30-,31-,32-,41-,42-,43-,44?,45?,46-,47-,48-,49-,50-,51-,52-,53-,54-,55-,56-,57-,58-,59-,60-,61-,62-,63-,64-,65-,66-,67-,68-,69-,70-,71?,72-/m1/s1. The summed E-state index contributed by atoms with van der Waals surface area (Å²) in [5.41, 5.74) is 0. The molecule has 0 aromatic rings. The Morgan fingerprint density at radius 3 is 0.453 bits per heavy atom. The van der Waals surface area contributed by atoms with Gasteiger partial charge in [-0.3, -0.25) is 33.6 Å². The Morgan fingerprint density at radius 2 is 0.328 bits per heavy atom. The van der Waals surface area contributed by atoms with E-state index in [9.17, 15) is 161 Å². The highest BCUT2D eigenvalue weighted by molar-refractivity contribution is 8.02. The summed E-state index contributed by atoms with van der Waals surface area (Å²) in [5, 5.41) is 273. The van der Waals surface area contributed by atoms with E-state index in [1.165, 1.54) is 0 Å². The van der Waals surface area contributed by atoms with Gasteiger partial charge in [0.25, 0.3) is 0 Å². The predicted octanol–water partition coefficient (Wildman–Crippen LogP) is -7.56. The fourth-order valence-electron chi connectivity index (χ4n) is 14.6. The van der Waals surface area contributed by atoms with Gasteiger partial charge in [0.2, 0.25) is 0 Å². The molecule has 56 heteroatoms. The molecule has 40 atom stereocenters. The van der Waals surface area contributed by atoms with E-state index in [4.69, 9.17) is 75.8 Å². The van der Waals surface area contributed by atoms with Crippen molar-refractivity contribution in [2.45, 2.75) is 291 Å². The lowest BCUT2D eigenvalue weighted by Crippen LogP contribution is -2.69. The molecule has 0 saturated carbocycles. The smallest absolute Gasteiger partial charge is 0.328 e. The molecule has 30 aliphatic rings. The van der Waals surface area contributed by atoms with Gasteiger partial charge in [-0.1, -0.05) is 0 Å². The van der Waals surface area contributed by atoms with Gasteiger partial charge in [0.05, 0.1) is 93.8 Å². The third-order valence-corrected chi connectivity index (χ3v) is 29.5. The van der Waals surface area contributed by atoms with E-state index in [0.29, 0.717) is 17.8 Å². The molecule has 734 valence electrons. The van der Waals surface area contributed by atoms with Gasteiger partial charge in [0, 0.05) is 92.4 Å². The van der Waals surface area contributed by atoms with Gasteiger partial charge in [-0.25, -0.2) is 4.79 Å². The van der Waals surface area contributed by atoms with Crippen molar-refractivity contribution >= 4 is 142 Å². The van der Waals surface area contributed by atoms with Crippen molar-refractivity contribution in [3.8, 4) is 0 Å². The Labute approximate surface area is 762 Å². The summed E-state index contributed by atoms with van der Waals surface area (Å²) >= 11 is 6.83. The van der Waals surface area contributed by atoms with Crippen LogP contribution in [-0.2, 0) is 114 Å². The highest BCUT2D eigenvalue weighted by atomic mass is 32.2. The van der Waals surface area contributed by atoms with Gasteiger partial charge < -0.3 is 198 Å². The summed E-state index contributed by atoms with van der Waals surface area (Å²) in [6.07, 6.45) is -85.1. The zero-order valence-corrected chi connectivity index (χ0v) is 74.1. The lowest BCUT2D eigenvalue weighted by Gasteiger charge is -2.51. The topological polar surface area (TPSA) is 770 Å². The van der Waals surface area contributed by atoms with Crippen molar-refractivity contribution in [1.29, 1.82) is 0 Å². The van der Waals surface area contributed by atoms with Crippen LogP contribution < -0.4 is 0 Å². The molecule has 30 aliphatic heterocycles. The van der Waals surface area contributed by atoms with Gasteiger partial charge in [-0.05, 0) is 5.41 Å². The number of carboxylic acids is 8. The fraction of sp³-hybridized carbons (Fsp3) is 0.861. The summed E-state index contributed by atoms with van der Waals surface area (Å²) in [5.74, 6) is -14.6. The monoisotopic (exact) mass is 2000 g/mol. The maximum absolute atomic E-state index is 12.3. The minimum Gasteiger partial charge on any atom is -0.481 e. The molecule has 30 heterocycles. The van der Waals surface area contributed by atoms with Crippen LogP contribution in [0.25, 0.3) is 0 Å². The van der Waals surface area contributed by atoms with E-state index >= 15 is 0 Å². The third kappa shape index (κ3) is 30.5. The van der Waals surface area contributed by atoms with E-state index in [-0.39, 0.29) is 69.0 Å². The Kier molecular flexibility index (Phi) is 44.6. The molecule has 0 aromatic heterocycles. The number of thioether (sulfide) groups is 8. The van der Waals surface area contributed by atoms with Crippen LogP contribution in [0.15, 0.2) is 11.5 Å². The summed E-state index contributed by atoms with van der Waals surface area (Å²) in [4.78, 5) is 94.2. The SMILES string of the molecule is O=C(O)/C=C/SC[C@H]1O[C@@H]2O[C@H]3[C@H](O)[C@@H](O)[C@H](O[C@@H]3CSCCC(=O)O)O[C@H]3C(O)[C@@H](O)[C@@H](O[C@H]4[C@H](O)[C@@H](O)C(O[C@H]5[C@H](O)[C@@H](O)[C@@H](O[C@H]6[C@H](O)[C@@H](O)[C@H](O[C@@H]6CSCCC(=O)O)O[C@H]6C(O)[C@@H](O)[C@@H](O[C@H]7[C@H](O)[C@@H](O)[C@@H](O[C@H]1[C@H](O)[C@H]2O)O[C@@H]7CSCCC(=O)O)O[C@@H]6CSCCC(=O)O)O[C@@H]5CSCCC(=O)O)O[C@@H]4CSCCC(=O)O)O[C@@H]3CSCCC(=O)O. The molecule has 30 fully saturated rings. The van der Waals surface area contributed by atoms with Crippen LogP contribution >= 0.6 is 94.1 Å². The Bertz CT molecular complexity index is 3390. The number of aliphatic hydroxyl groups is 16. The van der Waals surface area contributed by atoms with Gasteiger partial charge in [0.15, 0.2) is 50.3 Å². The number of carbonyl (C=O) groups is 8. The number of hydrogen-bond donors (Lipinski definition) is 24. The number of aliphatic hydroxyl groups excluding tert-OH is 16. The molecule has 0 amide bonds. The first kappa shape index (κ1) is 109. The molecule has 0 aliphatic carbocycles. The summed E-state index contributed by atoms with van der Waals surface area (Å²) in [7, 11) is 0. The molecule has 0 radical (unpaired) electrons. The number of carboxylic acid groups (broad SMARTS) is 8. The molecule has 30 saturated heterocycles. The molecule has 30 rings (SSSR count). The number of hydrogen-bond acceptors (Lipinski definition) is 48. The second-order valence-corrected chi connectivity index (χ2v) is 39.5. The van der Waals surface area contributed by atoms with Crippen molar-refractivity contribution in [2.75, 3.05) is 86.3 Å². The van der Waals surface area contributed by atoms with Gasteiger partial charge in [-0.15, -0.1) is 11.8 Å². The van der Waals surface area contributed by atoms with Gasteiger partial charge in [0.1, 0.15) is 146 Å². The van der Waals surface area contributed by atoms with Crippen LogP contribution in [-0.4, -0.2) is 502 Å². The number of aliphatic carboxylic acids is 8. The van der Waals surface area contributed by atoms with Crippen molar-refractivity contribution in [1.82, 2.24) is 0 Å². The second-order valence-electron chi connectivity index (χ2n) is 30.5. The largest absolute Gasteiger partial charge is 0.481 e. The molecule has 3 unspecified atom stereocenters.